The number of hydrogen-bond donors (Lipinski definition) is 0. The largest absolute Gasteiger partial charge is 0.497 e. The van der Waals surface area contributed by atoms with Gasteiger partial charge in [0, 0.05) is 0 Å². The summed E-state index contributed by atoms with van der Waals surface area (Å²) in [6, 6.07) is 5.41. The third-order valence-electron chi connectivity index (χ3n) is 1.99. The van der Waals surface area contributed by atoms with Crippen molar-refractivity contribution in [2.24, 2.45) is 4.99 Å². The maximum Gasteiger partial charge on any atom is 0.217 e. The van der Waals surface area contributed by atoms with Crippen LogP contribution >= 0.6 is 11.6 Å². The second-order valence-corrected chi connectivity index (χ2v) is 3.29. The van der Waals surface area contributed by atoms with Gasteiger partial charge in [-0.2, -0.15) is 0 Å². The van der Waals surface area contributed by atoms with Crippen molar-refractivity contribution in [2.45, 2.75) is 0 Å². The first kappa shape index (κ1) is 9.34. The molecule has 1 heterocycles. The highest BCUT2D eigenvalue weighted by Gasteiger charge is 2.14. The quantitative estimate of drug-likeness (QED) is 0.751. The fourth-order valence-electron chi connectivity index (χ4n) is 1.29. The van der Waals surface area contributed by atoms with Gasteiger partial charge in [0.2, 0.25) is 5.90 Å². The molecule has 1 aliphatic heterocycles. The van der Waals surface area contributed by atoms with Gasteiger partial charge in [-0.05, 0) is 18.2 Å². The lowest BCUT2D eigenvalue weighted by molar-refractivity contribution is 0.348. The van der Waals surface area contributed by atoms with Gasteiger partial charge in [0.05, 0.1) is 24.2 Å². The van der Waals surface area contributed by atoms with E-state index in [0.29, 0.717) is 24.1 Å². The van der Waals surface area contributed by atoms with Gasteiger partial charge in [-0.25, -0.2) is 4.99 Å². The lowest BCUT2D eigenvalue weighted by Gasteiger charge is -2.06. The zero-order valence-corrected chi connectivity index (χ0v) is 8.54. The Kier molecular flexibility index (Phi) is 2.59. The van der Waals surface area contributed by atoms with Crippen molar-refractivity contribution in [1.82, 2.24) is 0 Å². The molecule has 1 aromatic rings. The van der Waals surface area contributed by atoms with Crippen LogP contribution in [0.1, 0.15) is 5.56 Å². The number of nitrogens with zero attached hydrogens (tertiary/aromatic N) is 1. The molecule has 1 aliphatic rings. The van der Waals surface area contributed by atoms with Crippen molar-refractivity contribution in [3.8, 4) is 5.75 Å². The minimum absolute atomic E-state index is 0.605. The molecule has 0 saturated heterocycles. The molecule has 0 saturated carbocycles. The van der Waals surface area contributed by atoms with Gasteiger partial charge in [0.15, 0.2) is 0 Å². The molecule has 0 aromatic heterocycles. The summed E-state index contributed by atoms with van der Waals surface area (Å²) in [5, 5.41) is 0.631. The molecule has 0 bridgehead atoms. The molecule has 3 nitrogen and oxygen atoms in total. The van der Waals surface area contributed by atoms with Crippen molar-refractivity contribution < 1.29 is 9.47 Å². The van der Waals surface area contributed by atoms with Crippen molar-refractivity contribution in [2.75, 3.05) is 20.3 Å². The third kappa shape index (κ3) is 1.68. The van der Waals surface area contributed by atoms with Gasteiger partial charge in [-0.1, -0.05) is 11.6 Å². The first-order chi connectivity index (χ1) is 6.81. The molecule has 0 unspecified atom stereocenters. The Morgan fingerprint density at radius 1 is 1.50 bits per heavy atom. The average molecular weight is 212 g/mol. The van der Waals surface area contributed by atoms with Crippen LogP contribution in [0.3, 0.4) is 0 Å². The van der Waals surface area contributed by atoms with Crippen LogP contribution < -0.4 is 4.74 Å². The maximum absolute atomic E-state index is 6.02. The van der Waals surface area contributed by atoms with Crippen molar-refractivity contribution >= 4 is 17.5 Å². The second-order valence-electron chi connectivity index (χ2n) is 2.88. The predicted molar refractivity (Wildman–Crippen MR) is 55.4 cm³/mol. The second kappa shape index (κ2) is 3.88. The van der Waals surface area contributed by atoms with E-state index < -0.39 is 0 Å². The number of methoxy groups -OCH3 is 1. The van der Waals surface area contributed by atoms with Gasteiger partial charge >= 0.3 is 0 Å². The zero-order chi connectivity index (χ0) is 9.97. The number of benzene rings is 1. The highest BCUT2D eigenvalue weighted by molar-refractivity contribution is 6.33. The Bertz CT molecular complexity index is 376. The number of aliphatic imine (C=N–C) groups is 1. The highest BCUT2D eigenvalue weighted by Crippen LogP contribution is 2.23. The molecule has 74 valence electrons. The minimum Gasteiger partial charge on any atom is -0.497 e. The van der Waals surface area contributed by atoms with E-state index in [1.165, 1.54) is 0 Å². The molecule has 0 N–H and O–H groups in total. The Labute approximate surface area is 87.3 Å². The van der Waals surface area contributed by atoms with E-state index in [1.54, 1.807) is 19.2 Å². The summed E-state index contributed by atoms with van der Waals surface area (Å²) in [5.41, 5.74) is 0.795. The molecular formula is C10H10ClNO2. The lowest BCUT2D eigenvalue weighted by atomic mass is 10.2. The van der Waals surface area contributed by atoms with Crippen LogP contribution in [0, 0.1) is 0 Å². The average Bonchev–Trinajstić information content (AvgIpc) is 2.71. The van der Waals surface area contributed by atoms with Crippen LogP contribution in [0.5, 0.6) is 5.75 Å². The van der Waals surface area contributed by atoms with E-state index in [9.17, 15) is 0 Å². The van der Waals surface area contributed by atoms with E-state index in [2.05, 4.69) is 4.99 Å². The molecule has 0 fully saturated rings. The van der Waals surface area contributed by atoms with Gasteiger partial charge in [0.25, 0.3) is 0 Å². The molecule has 14 heavy (non-hydrogen) atoms. The van der Waals surface area contributed by atoms with Crippen molar-refractivity contribution in [1.29, 1.82) is 0 Å². The van der Waals surface area contributed by atoms with Gasteiger partial charge in [-0.3, -0.25) is 0 Å². The van der Waals surface area contributed by atoms with Crippen LogP contribution in [0.4, 0.5) is 0 Å². The van der Waals surface area contributed by atoms with E-state index >= 15 is 0 Å². The first-order valence-corrected chi connectivity index (χ1v) is 4.70. The van der Waals surface area contributed by atoms with Gasteiger partial charge in [-0.15, -0.1) is 0 Å². The molecule has 0 atom stereocenters. The molecule has 0 aliphatic carbocycles. The number of rotatable bonds is 2. The van der Waals surface area contributed by atoms with Crippen LogP contribution in [0.15, 0.2) is 23.2 Å². The highest BCUT2D eigenvalue weighted by atomic mass is 35.5. The molecule has 0 radical (unpaired) electrons. The molecule has 0 amide bonds. The minimum atomic E-state index is 0.605. The Hall–Kier alpha value is -1.22. The Balaban J connectivity index is 2.40. The van der Waals surface area contributed by atoms with Gasteiger partial charge < -0.3 is 9.47 Å². The SMILES string of the molecule is COc1ccc(Cl)c(C2=NCCO2)c1. The summed E-state index contributed by atoms with van der Waals surface area (Å²) in [6.07, 6.45) is 0. The summed E-state index contributed by atoms with van der Waals surface area (Å²) in [5.74, 6) is 1.36. The summed E-state index contributed by atoms with van der Waals surface area (Å²) >= 11 is 6.02. The van der Waals surface area contributed by atoms with Crippen molar-refractivity contribution in [3.05, 3.63) is 28.8 Å². The third-order valence-corrected chi connectivity index (χ3v) is 2.32. The standard InChI is InChI=1S/C10H10ClNO2/c1-13-7-2-3-9(11)8(6-7)10-12-4-5-14-10/h2-3,6H,4-5H2,1H3. The summed E-state index contributed by atoms with van der Waals surface area (Å²) in [4.78, 5) is 4.20. The number of ether oxygens (including phenoxy) is 2. The molecule has 0 spiro atoms. The Morgan fingerprint density at radius 3 is 3.00 bits per heavy atom. The van der Waals surface area contributed by atoms with Gasteiger partial charge in [0.1, 0.15) is 12.4 Å². The van der Waals surface area contributed by atoms with E-state index in [1.807, 2.05) is 6.07 Å². The zero-order valence-electron chi connectivity index (χ0n) is 7.79. The summed E-state index contributed by atoms with van der Waals surface area (Å²) < 4.78 is 10.4. The van der Waals surface area contributed by atoms with Crippen LogP contribution in [0.25, 0.3) is 0 Å². The first-order valence-electron chi connectivity index (χ1n) is 4.32. The topological polar surface area (TPSA) is 30.8 Å². The van der Waals surface area contributed by atoms with E-state index in [4.69, 9.17) is 21.1 Å². The summed E-state index contributed by atoms with van der Waals surface area (Å²) in [7, 11) is 1.62. The number of halogens is 1. The fourth-order valence-corrected chi connectivity index (χ4v) is 1.49. The van der Waals surface area contributed by atoms with E-state index in [0.717, 1.165) is 11.3 Å². The smallest absolute Gasteiger partial charge is 0.217 e. The monoisotopic (exact) mass is 211 g/mol. The molecule has 4 heteroatoms. The van der Waals surface area contributed by atoms with Crippen molar-refractivity contribution in [3.63, 3.8) is 0 Å². The Morgan fingerprint density at radius 2 is 2.36 bits per heavy atom. The molecule has 2 rings (SSSR count). The van der Waals surface area contributed by atoms with E-state index in [-0.39, 0.29) is 0 Å². The number of hydrogen-bond acceptors (Lipinski definition) is 3. The normalized spacial score (nSPS) is 14.9. The van der Waals surface area contributed by atoms with Crippen LogP contribution in [0.2, 0.25) is 5.02 Å². The predicted octanol–water partition coefficient (Wildman–Crippen LogP) is 2.13. The maximum atomic E-state index is 6.02. The summed E-state index contributed by atoms with van der Waals surface area (Å²) in [6.45, 7) is 1.33. The van der Waals surface area contributed by atoms with Crippen LogP contribution in [-0.4, -0.2) is 26.2 Å². The lowest BCUT2D eigenvalue weighted by Crippen LogP contribution is -2.02. The fraction of sp³-hybridized carbons (Fsp3) is 0.300. The van der Waals surface area contributed by atoms with Crippen LogP contribution in [-0.2, 0) is 4.74 Å². The molecule has 1 aromatic carbocycles. The molecular weight excluding hydrogens is 202 g/mol.